The SMILES string of the molecule is CC(=O)Oc1ccc2c(c1)C1=CC=NC(=N2)C1. The topological polar surface area (TPSA) is 51.0 Å². The van der Waals surface area contributed by atoms with Crippen molar-refractivity contribution in [3.05, 3.63) is 29.8 Å². The normalized spacial score (nSPS) is 15.8. The fourth-order valence-electron chi connectivity index (χ4n) is 1.98. The molecule has 4 nitrogen and oxygen atoms in total. The third-order valence-corrected chi connectivity index (χ3v) is 2.67. The van der Waals surface area contributed by atoms with Gasteiger partial charge < -0.3 is 4.74 Å². The van der Waals surface area contributed by atoms with Crippen molar-refractivity contribution in [2.75, 3.05) is 0 Å². The Balaban J connectivity index is 2.08. The van der Waals surface area contributed by atoms with Gasteiger partial charge in [-0.2, -0.15) is 0 Å². The minimum atomic E-state index is -0.316. The fourth-order valence-corrected chi connectivity index (χ4v) is 1.98. The molecule has 4 heteroatoms. The molecule has 2 aliphatic heterocycles. The van der Waals surface area contributed by atoms with Crippen molar-refractivity contribution in [3.8, 4) is 5.75 Å². The number of aliphatic imine (C=N–C) groups is 2. The standard InChI is InChI=1S/C13H10N2O2/c1-8(16)17-10-2-3-12-11(7-10)9-4-5-14-13(6-9)15-12/h2-5,7H,6H2,1H3. The maximum absolute atomic E-state index is 10.9. The molecule has 0 unspecified atom stereocenters. The van der Waals surface area contributed by atoms with E-state index in [1.807, 2.05) is 18.2 Å². The quantitative estimate of drug-likeness (QED) is 0.545. The van der Waals surface area contributed by atoms with Crippen molar-refractivity contribution >= 4 is 29.3 Å². The van der Waals surface area contributed by atoms with E-state index >= 15 is 0 Å². The third-order valence-electron chi connectivity index (χ3n) is 2.67. The molecule has 0 atom stereocenters. The van der Waals surface area contributed by atoms with Gasteiger partial charge >= 0.3 is 5.97 Å². The third kappa shape index (κ3) is 1.78. The number of nitrogens with zero attached hydrogens (tertiary/aromatic N) is 2. The molecule has 0 fully saturated rings. The van der Waals surface area contributed by atoms with Crippen LogP contribution in [0.25, 0.3) is 5.57 Å². The number of rotatable bonds is 1. The van der Waals surface area contributed by atoms with Crippen LogP contribution in [-0.2, 0) is 4.79 Å². The van der Waals surface area contributed by atoms with Crippen molar-refractivity contribution in [1.29, 1.82) is 0 Å². The van der Waals surface area contributed by atoms with Crippen molar-refractivity contribution < 1.29 is 9.53 Å². The number of esters is 1. The molecule has 0 saturated heterocycles. The number of dihydropyridines is 1. The molecule has 0 spiro atoms. The number of fused-ring (bicyclic) bond motifs is 4. The second kappa shape index (κ2) is 3.66. The van der Waals surface area contributed by atoms with Gasteiger partial charge in [0.05, 0.1) is 5.69 Å². The van der Waals surface area contributed by atoms with Crippen molar-refractivity contribution in [2.24, 2.45) is 9.98 Å². The number of amidine groups is 1. The summed E-state index contributed by atoms with van der Waals surface area (Å²) >= 11 is 0. The highest BCUT2D eigenvalue weighted by Gasteiger charge is 2.19. The van der Waals surface area contributed by atoms with Crippen LogP contribution in [0.3, 0.4) is 0 Å². The molecule has 0 aromatic heterocycles. The summed E-state index contributed by atoms with van der Waals surface area (Å²) in [5, 5.41) is 0. The molecule has 0 radical (unpaired) electrons. The van der Waals surface area contributed by atoms with Crippen LogP contribution in [0.15, 0.2) is 34.3 Å². The van der Waals surface area contributed by atoms with E-state index in [1.54, 1.807) is 12.3 Å². The molecule has 0 aliphatic carbocycles. The zero-order valence-corrected chi connectivity index (χ0v) is 9.30. The van der Waals surface area contributed by atoms with Crippen LogP contribution in [0.4, 0.5) is 5.69 Å². The molecule has 0 N–H and O–H groups in total. The summed E-state index contributed by atoms with van der Waals surface area (Å²) in [7, 11) is 0. The number of carbonyl (C=O) groups is 1. The molecule has 84 valence electrons. The van der Waals surface area contributed by atoms with Crippen LogP contribution in [0.1, 0.15) is 18.9 Å². The van der Waals surface area contributed by atoms with Gasteiger partial charge in [-0.3, -0.25) is 4.79 Å². The zero-order chi connectivity index (χ0) is 11.8. The first kappa shape index (κ1) is 9.96. The Morgan fingerprint density at radius 1 is 1.41 bits per heavy atom. The largest absolute Gasteiger partial charge is 0.427 e. The summed E-state index contributed by atoms with van der Waals surface area (Å²) in [5.74, 6) is 1.07. The van der Waals surface area contributed by atoms with Crippen LogP contribution in [0.5, 0.6) is 5.75 Å². The first-order valence-corrected chi connectivity index (χ1v) is 5.36. The lowest BCUT2D eigenvalue weighted by molar-refractivity contribution is -0.131. The Hall–Kier alpha value is -2.23. The van der Waals surface area contributed by atoms with E-state index in [0.717, 1.165) is 29.1 Å². The maximum Gasteiger partial charge on any atom is 0.308 e. The number of hydrogen-bond donors (Lipinski definition) is 0. The predicted octanol–water partition coefficient (Wildman–Crippen LogP) is 2.51. The minimum Gasteiger partial charge on any atom is -0.427 e. The first-order chi connectivity index (χ1) is 8.22. The molecule has 2 heterocycles. The van der Waals surface area contributed by atoms with Crippen LogP contribution in [-0.4, -0.2) is 18.0 Å². The number of ether oxygens (including phenoxy) is 1. The summed E-state index contributed by atoms with van der Waals surface area (Å²) in [6.07, 6.45) is 4.46. The van der Waals surface area contributed by atoms with E-state index in [2.05, 4.69) is 9.98 Å². The van der Waals surface area contributed by atoms with Crippen LogP contribution >= 0.6 is 0 Å². The molecule has 1 aromatic rings. The first-order valence-electron chi connectivity index (χ1n) is 5.36. The smallest absolute Gasteiger partial charge is 0.308 e. The summed E-state index contributed by atoms with van der Waals surface area (Å²) in [4.78, 5) is 19.5. The van der Waals surface area contributed by atoms with Crippen LogP contribution in [0, 0.1) is 0 Å². The van der Waals surface area contributed by atoms with Gasteiger partial charge in [0.25, 0.3) is 0 Å². The molecule has 3 rings (SSSR count). The van der Waals surface area contributed by atoms with Crippen molar-refractivity contribution in [2.45, 2.75) is 13.3 Å². The van der Waals surface area contributed by atoms with Crippen LogP contribution in [0.2, 0.25) is 0 Å². The monoisotopic (exact) mass is 226 g/mol. The van der Waals surface area contributed by atoms with E-state index in [0.29, 0.717) is 5.75 Å². The average molecular weight is 226 g/mol. The molecule has 2 aliphatic rings. The highest BCUT2D eigenvalue weighted by molar-refractivity contribution is 6.10. The van der Waals surface area contributed by atoms with E-state index < -0.39 is 0 Å². The van der Waals surface area contributed by atoms with Gasteiger partial charge in [0.1, 0.15) is 11.6 Å². The second-order valence-corrected chi connectivity index (χ2v) is 3.95. The lowest BCUT2D eigenvalue weighted by atomic mass is 9.96. The molecular weight excluding hydrogens is 216 g/mol. The summed E-state index contributed by atoms with van der Waals surface area (Å²) in [5.41, 5.74) is 3.05. The Morgan fingerprint density at radius 2 is 2.29 bits per heavy atom. The summed E-state index contributed by atoms with van der Waals surface area (Å²) in [6, 6.07) is 5.44. The highest BCUT2D eigenvalue weighted by atomic mass is 16.5. The Morgan fingerprint density at radius 3 is 3.12 bits per heavy atom. The number of carbonyl (C=O) groups excluding carboxylic acids is 1. The van der Waals surface area contributed by atoms with Crippen molar-refractivity contribution in [3.63, 3.8) is 0 Å². The van der Waals surface area contributed by atoms with Gasteiger partial charge in [0.15, 0.2) is 0 Å². The van der Waals surface area contributed by atoms with Gasteiger partial charge in [0, 0.05) is 25.1 Å². The Kier molecular flexibility index (Phi) is 2.14. The lowest BCUT2D eigenvalue weighted by Gasteiger charge is -2.19. The summed E-state index contributed by atoms with van der Waals surface area (Å²) in [6.45, 7) is 1.39. The number of hydrogen-bond acceptors (Lipinski definition) is 4. The summed E-state index contributed by atoms with van der Waals surface area (Å²) < 4.78 is 5.07. The van der Waals surface area contributed by atoms with Gasteiger partial charge in [-0.1, -0.05) is 0 Å². The Labute approximate surface area is 98.4 Å². The minimum absolute atomic E-state index is 0.316. The fraction of sp³-hybridized carbons (Fsp3) is 0.154. The van der Waals surface area contributed by atoms with E-state index in [9.17, 15) is 4.79 Å². The van der Waals surface area contributed by atoms with Gasteiger partial charge in [0.2, 0.25) is 0 Å². The maximum atomic E-state index is 10.9. The van der Waals surface area contributed by atoms with E-state index in [4.69, 9.17) is 4.74 Å². The predicted molar refractivity (Wildman–Crippen MR) is 65.9 cm³/mol. The van der Waals surface area contributed by atoms with Gasteiger partial charge in [-0.15, -0.1) is 0 Å². The average Bonchev–Trinajstić information content (AvgIpc) is 2.30. The molecule has 1 aromatic carbocycles. The highest BCUT2D eigenvalue weighted by Crippen LogP contribution is 2.37. The molecule has 2 bridgehead atoms. The molecule has 0 saturated carbocycles. The number of benzene rings is 1. The lowest BCUT2D eigenvalue weighted by Crippen LogP contribution is -2.08. The van der Waals surface area contributed by atoms with Gasteiger partial charge in [-0.25, -0.2) is 9.98 Å². The van der Waals surface area contributed by atoms with Crippen LogP contribution < -0.4 is 4.74 Å². The zero-order valence-electron chi connectivity index (χ0n) is 9.30. The van der Waals surface area contributed by atoms with Gasteiger partial charge in [-0.05, 0) is 29.8 Å². The molecule has 17 heavy (non-hydrogen) atoms. The second-order valence-electron chi connectivity index (χ2n) is 3.95. The van der Waals surface area contributed by atoms with E-state index in [1.165, 1.54) is 6.92 Å². The Bertz CT molecular complexity index is 597. The number of allylic oxidation sites excluding steroid dienone is 1. The molecular formula is C13H10N2O2. The van der Waals surface area contributed by atoms with Crippen molar-refractivity contribution in [1.82, 2.24) is 0 Å². The van der Waals surface area contributed by atoms with E-state index in [-0.39, 0.29) is 5.97 Å². The molecule has 0 amide bonds.